The van der Waals surface area contributed by atoms with E-state index >= 15 is 0 Å². The molecule has 44 heavy (non-hydrogen) atoms. The van der Waals surface area contributed by atoms with Crippen molar-refractivity contribution in [2.24, 2.45) is 0 Å². The summed E-state index contributed by atoms with van der Waals surface area (Å²) < 4.78 is 5.38. The zero-order chi connectivity index (χ0) is 31.9. The summed E-state index contributed by atoms with van der Waals surface area (Å²) in [6.45, 7) is 8.14. The second-order valence-corrected chi connectivity index (χ2v) is 11.0. The lowest BCUT2D eigenvalue weighted by atomic mass is 10.0. The number of allylic oxidation sites excluding steroid dienone is 4. The van der Waals surface area contributed by atoms with Crippen LogP contribution in [-0.2, 0) is 20.7 Å². The van der Waals surface area contributed by atoms with E-state index in [1.165, 1.54) is 17.7 Å². The lowest BCUT2D eigenvalue weighted by Crippen LogP contribution is -2.49. The lowest BCUT2D eigenvalue weighted by molar-refractivity contribution is -0.127. The highest BCUT2D eigenvalue weighted by molar-refractivity contribution is 6.39. The molecule has 1 aliphatic rings. The van der Waals surface area contributed by atoms with E-state index in [1.807, 2.05) is 44.2 Å². The highest BCUT2D eigenvalue weighted by Crippen LogP contribution is 2.34. The Labute approximate surface area is 278 Å². The van der Waals surface area contributed by atoms with E-state index in [-0.39, 0.29) is 17.4 Å². The number of halogens is 4. The molecule has 0 aliphatic carbocycles. The van der Waals surface area contributed by atoms with Crippen LogP contribution >= 0.6 is 46.4 Å². The number of carbonyl (C=O) groups is 2. The molecule has 11 heteroatoms. The third kappa shape index (κ3) is 10.9. The van der Waals surface area contributed by atoms with E-state index < -0.39 is 11.9 Å². The van der Waals surface area contributed by atoms with Gasteiger partial charge >= 0.3 is 0 Å². The van der Waals surface area contributed by atoms with Gasteiger partial charge in [0, 0.05) is 60.2 Å². The van der Waals surface area contributed by atoms with Gasteiger partial charge in [0.25, 0.3) is 0 Å². The third-order valence-corrected chi connectivity index (χ3v) is 7.60. The molecule has 0 spiro atoms. The van der Waals surface area contributed by atoms with Crippen molar-refractivity contribution in [3.8, 4) is 11.3 Å². The molecule has 7 nitrogen and oxygen atoms in total. The molecule has 1 aliphatic heterocycles. The fourth-order valence-corrected chi connectivity index (χ4v) is 5.34. The van der Waals surface area contributed by atoms with Gasteiger partial charge in [-0.05, 0) is 42.0 Å². The molecule has 2 heterocycles. The predicted octanol–water partition coefficient (Wildman–Crippen LogP) is 7.14. The van der Waals surface area contributed by atoms with Crippen molar-refractivity contribution in [2.45, 2.75) is 26.3 Å². The average molecular weight is 678 g/mol. The van der Waals surface area contributed by atoms with Crippen LogP contribution in [-0.4, -0.2) is 67.1 Å². The number of nitrogens with one attached hydrogen (secondary N) is 2. The molecule has 0 radical (unpaired) electrons. The highest BCUT2D eigenvalue weighted by atomic mass is 35.5. The number of fused-ring (bicyclic) bond motifs is 1. The number of pyridine rings is 1. The number of rotatable bonds is 11. The van der Waals surface area contributed by atoms with Crippen molar-refractivity contribution in [3.63, 3.8) is 0 Å². The number of carbonyl (C=O) groups excluding carboxylic acids is 2. The van der Waals surface area contributed by atoms with E-state index in [0.717, 1.165) is 29.6 Å². The van der Waals surface area contributed by atoms with E-state index in [4.69, 9.17) is 56.1 Å². The van der Waals surface area contributed by atoms with Crippen LogP contribution < -0.4 is 10.6 Å². The Bertz CT molecular complexity index is 1480. The van der Waals surface area contributed by atoms with Crippen LogP contribution in [0.2, 0.25) is 10.0 Å². The molecule has 234 valence electrons. The molecule has 1 unspecified atom stereocenters. The number of hydrogen-bond donors (Lipinski definition) is 2. The Morgan fingerprint density at radius 3 is 2.48 bits per heavy atom. The van der Waals surface area contributed by atoms with Gasteiger partial charge in [0.05, 0.1) is 34.5 Å². The van der Waals surface area contributed by atoms with Crippen LogP contribution in [0.15, 0.2) is 83.4 Å². The maximum absolute atomic E-state index is 13.3. The zero-order valence-corrected chi connectivity index (χ0v) is 27.7. The molecule has 3 aromatic rings. The number of amides is 2. The molecular weight excluding hydrogens is 642 g/mol. The SMILES string of the molecule is CC.O=C(/C=C(Cl)/C=C\C=C\Cl)NC(Cc1ccc2nc(-c3c(Cl)cccc3Cl)ccc2c1)C(=O)NCCN1CCOCC1. The summed E-state index contributed by atoms with van der Waals surface area (Å²) in [5.74, 6) is -0.778. The van der Waals surface area contributed by atoms with Crippen molar-refractivity contribution < 1.29 is 14.3 Å². The molecule has 2 amide bonds. The van der Waals surface area contributed by atoms with Gasteiger partial charge in [-0.3, -0.25) is 14.5 Å². The molecule has 1 atom stereocenters. The fourth-order valence-electron chi connectivity index (χ4n) is 4.49. The third-order valence-electron chi connectivity index (χ3n) is 6.58. The predicted molar refractivity (Wildman–Crippen MR) is 183 cm³/mol. The first-order valence-corrected chi connectivity index (χ1v) is 15.9. The van der Waals surface area contributed by atoms with Gasteiger partial charge in [-0.15, -0.1) is 0 Å². The van der Waals surface area contributed by atoms with Crippen LogP contribution in [0.4, 0.5) is 0 Å². The van der Waals surface area contributed by atoms with Gasteiger partial charge in [-0.25, -0.2) is 4.98 Å². The molecule has 2 aromatic carbocycles. The normalized spacial score (nSPS) is 14.8. The summed E-state index contributed by atoms with van der Waals surface area (Å²) in [5.41, 5.74) is 4.25. The molecule has 2 N–H and O–H groups in total. The molecule has 0 bridgehead atoms. The van der Waals surface area contributed by atoms with Crippen molar-refractivity contribution in [1.82, 2.24) is 20.5 Å². The van der Waals surface area contributed by atoms with Gasteiger partial charge < -0.3 is 15.4 Å². The van der Waals surface area contributed by atoms with Gasteiger partial charge in [-0.2, -0.15) is 0 Å². The first-order valence-electron chi connectivity index (χ1n) is 14.4. The van der Waals surface area contributed by atoms with Gasteiger partial charge in [0.1, 0.15) is 6.04 Å². The number of benzene rings is 2. The number of morpholine rings is 1. The van der Waals surface area contributed by atoms with Crippen molar-refractivity contribution >= 4 is 69.1 Å². The summed E-state index contributed by atoms with van der Waals surface area (Å²) in [5, 5.41) is 7.86. The van der Waals surface area contributed by atoms with Crippen molar-refractivity contribution in [1.29, 1.82) is 0 Å². The minimum absolute atomic E-state index is 0.194. The standard InChI is InChI=1S/C31H30Cl4N4O3.C2H6/c32-11-2-1-4-23(33)20-29(40)38-28(31(41)36-12-13-39-14-16-42-17-15-39)19-21-7-9-26-22(18-21)8-10-27(37-26)30-24(34)5-3-6-25(30)35;1-2/h1-11,18,20,28H,12-17,19H2,(H,36,41)(H,38,40);1-2H3/b4-1-,11-2+,23-20-;. The van der Waals surface area contributed by atoms with Crippen LogP contribution in [0.25, 0.3) is 22.2 Å². The number of ether oxygens (including phenoxy) is 1. The summed E-state index contributed by atoms with van der Waals surface area (Å²) in [6, 6.07) is 14.0. The maximum atomic E-state index is 13.3. The average Bonchev–Trinajstić information content (AvgIpc) is 3.02. The Morgan fingerprint density at radius 2 is 1.77 bits per heavy atom. The van der Waals surface area contributed by atoms with Gasteiger partial charge in [-0.1, -0.05) is 90.6 Å². The van der Waals surface area contributed by atoms with E-state index in [0.29, 0.717) is 47.6 Å². The minimum atomic E-state index is -0.832. The Balaban J connectivity index is 0.00000259. The second kappa shape index (κ2) is 18.8. The Kier molecular flexibility index (Phi) is 15.2. The molecule has 1 fully saturated rings. The Morgan fingerprint density at radius 1 is 1.05 bits per heavy atom. The fraction of sp³-hybridized carbons (Fsp3) is 0.303. The monoisotopic (exact) mass is 676 g/mol. The topological polar surface area (TPSA) is 83.6 Å². The second-order valence-electron chi connectivity index (χ2n) is 9.54. The maximum Gasteiger partial charge on any atom is 0.246 e. The van der Waals surface area contributed by atoms with Gasteiger partial charge in [0.15, 0.2) is 0 Å². The van der Waals surface area contributed by atoms with Crippen LogP contribution in [0.1, 0.15) is 19.4 Å². The zero-order valence-electron chi connectivity index (χ0n) is 24.7. The molecule has 0 saturated carbocycles. The summed E-state index contributed by atoms with van der Waals surface area (Å²) in [4.78, 5) is 33.0. The van der Waals surface area contributed by atoms with Crippen molar-refractivity contribution in [3.05, 3.63) is 99.0 Å². The smallest absolute Gasteiger partial charge is 0.246 e. The van der Waals surface area contributed by atoms with Crippen molar-refractivity contribution in [2.75, 3.05) is 39.4 Å². The van der Waals surface area contributed by atoms with Crippen LogP contribution in [0.5, 0.6) is 0 Å². The molecular formula is C33H36Cl4N4O3. The number of hydrogen-bond acceptors (Lipinski definition) is 5. The van der Waals surface area contributed by atoms with Crippen LogP contribution in [0, 0.1) is 0 Å². The Hall–Kier alpha value is -2.91. The highest BCUT2D eigenvalue weighted by Gasteiger charge is 2.22. The molecule has 1 aromatic heterocycles. The largest absolute Gasteiger partial charge is 0.379 e. The minimum Gasteiger partial charge on any atom is -0.379 e. The number of aromatic nitrogens is 1. The van der Waals surface area contributed by atoms with E-state index in [2.05, 4.69) is 15.5 Å². The number of nitrogens with zero attached hydrogens (tertiary/aromatic N) is 2. The van der Waals surface area contributed by atoms with E-state index in [9.17, 15) is 9.59 Å². The summed E-state index contributed by atoms with van der Waals surface area (Å²) in [7, 11) is 0. The van der Waals surface area contributed by atoms with E-state index in [1.54, 1.807) is 30.4 Å². The summed E-state index contributed by atoms with van der Waals surface area (Å²) >= 11 is 24.4. The lowest BCUT2D eigenvalue weighted by Gasteiger charge is -2.27. The van der Waals surface area contributed by atoms with Crippen LogP contribution in [0.3, 0.4) is 0 Å². The first-order chi connectivity index (χ1) is 21.3. The molecule has 1 saturated heterocycles. The quantitative estimate of drug-likeness (QED) is 0.167. The first kappa shape index (κ1) is 35.6. The van der Waals surface area contributed by atoms with Gasteiger partial charge in [0.2, 0.25) is 11.8 Å². The molecule has 4 rings (SSSR count). The summed E-state index contributed by atoms with van der Waals surface area (Å²) in [6.07, 6.45) is 6.18.